The Balaban J connectivity index is 1.44. The minimum absolute atomic E-state index is 0.0484. The average Bonchev–Trinajstić information content (AvgIpc) is 3.15. The van der Waals surface area contributed by atoms with Gasteiger partial charge in [-0.15, -0.1) is 0 Å². The topological polar surface area (TPSA) is 79.7 Å². The van der Waals surface area contributed by atoms with E-state index < -0.39 is 12.3 Å². The maximum atomic E-state index is 13.2. The number of methoxy groups -OCH3 is 1. The molecule has 0 spiro atoms. The number of amides is 2. The third-order valence-electron chi connectivity index (χ3n) is 5.15. The highest BCUT2D eigenvalue weighted by molar-refractivity contribution is 5.95. The molecule has 0 unspecified atom stereocenters. The molecule has 162 valence electrons. The van der Waals surface area contributed by atoms with E-state index in [9.17, 15) is 18.4 Å². The first-order valence-corrected chi connectivity index (χ1v) is 9.64. The highest BCUT2D eigenvalue weighted by atomic mass is 19.3. The minimum atomic E-state index is -2.76. The van der Waals surface area contributed by atoms with Crippen molar-refractivity contribution in [3.8, 4) is 5.75 Å². The smallest absolute Gasteiger partial charge is 0.280 e. The molecule has 0 bridgehead atoms. The molecule has 1 N–H and O–H groups in total. The van der Waals surface area contributed by atoms with Crippen molar-refractivity contribution in [3.05, 3.63) is 47.3 Å². The zero-order valence-corrected chi connectivity index (χ0v) is 17.0. The van der Waals surface area contributed by atoms with Crippen molar-refractivity contribution >= 4 is 11.8 Å². The number of hydrogen-bond acceptors (Lipinski definition) is 5. The molecular formula is C20H25F2N5O3. The fourth-order valence-corrected chi connectivity index (χ4v) is 3.39. The van der Waals surface area contributed by atoms with E-state index in [1.54, 1.807) is 36.3 Å². The van der Waals surface area contributed by atoms with E-state index in [2.05, 4.69) is 15.3 Å². The molecule has 2 heterocycles. The predicted molar refractivity (Wildman–Crippen MR) is 106 cm³/mol. The Bertz CT molecular complexity index is 877. The largest absolute Gasteiger partial charge is 0.497 e. The first kappa shape index (κ1) is 21.7. The number of ether oxygens (including phenoxy) is 1. The highest BCUT2D eigenvalue weighted by Crippen LogP contribution is 2.23. The first-order valence-electron chi connectivity index (χ1n) is 9.64. The standard InChI is InChI=1S/C20H25F2N5O3/c1-25-17(18(21)22)16(13-24-25)20(29)27-11-9-26(10-12-27)8-7-23-19(28)14-3-5-15(30-2)6-4-14/h3-6,13,18H,7-12H2,1-2H3,(H,23,28). The van der Waals surface area contributed by atoms with Crippen LogP contribution in [0.1, 0.15) is 32.8 Å². The summed E-state index contributed by atoms with van der Waals surface area (Å²) in [6.45, 7) is 3.19. The molecule has 2 aromatic rings. The van der Waals surface area contributed by atoms with Crippen LogP contribution in [0.25, 0.3) is 0 Å². The maximum Gasteiger partial charge on any atom is 0.280 e. The Morgan fingerprint density at radius 1 is 1.17 bits per heavy atom. The van der Waals surface area contributed by atoms with Gasteiger partial charge in [-0.2, -0.15) is 5.10 Å². The second-order valence-corrected chi connectivity index (χ2v) is 6.99. The monoisotopic (exact) mass is 421 g/mol. The van der Waals surface area contributed by atoms with Gasteiger partial charge in [0.25, 0.3) is 18.2 Å². The number of nitrogens with zero attached hydrogens (tertiary/aromatic N) is 4. The fourth-order valence-electron chi connectivity index (χ4n) is 3.39. The number of nitrogens with one attached hydrogen (secondary N) is 1. The number of halogens is 2. The second-order valence-electron chi connectivity index (χ2n) is 6.99. The van der Waals surface area contributed by atoms with E-state index in [1.165, 1.54) is 13.2 Å². The van der Waals surface area contributed by atoms with E-state index in [0.717, 1.165) is 4.68 Å². The summed E-state index contributed by atoms with van der Waals surface area (Å²) in [6.07, 6.45) is -1.56. The summed E-state index contributed by atoms with van der Waals surface area (Å²) in [5.41, 5.74) is 0.147. The summed E-state index contributed by atoms with van der Waals surface area (Å²) in [5, 5.41) is 6.66. The number of carbonyl (C=O) groups is 2. The first-order chi connectivity index (χ1) is 14.4. The Labute approximate surface area is 173 Å². The van der Waals surface area contributed by atoms with Crippen molar-refractivity contribution in [1.82, 2.24) is 24.9 Å². The van der Waals surface area contributed by atoms with Crippen molar-refractivity contribution in [1.29, 1.82) is 0 Å². The molecule has 0 atom stereocenters. The SMILES string of the molecule is COc1ccc(C(=O)NCCN2CCN(C(=O)c3cnn(C)c3C(F)F)CC2)cc1. The molecule has 10 heteroatoms. The van der Waals surface area contributed by atoms with Crippen LogP contribution in [0.5, 0.6) is 5.75 Å². The number of piperazine rings is 1. The Hall–Kier alpha value is -3.01. The van der Waals surface area contributed by atoms with Crippen LogP contribution in [0, 0.1) is 0 Å². The van der Waals surface area contributed by atoms with E-state index in [-0.39, 0.29) is 17.2 Å². The summed E-state index contributed by atoms with van der Waals surface area (Å²) in [6, 6.07) is 6.86. The lowest BCUT2D eigenvalue weighted by molar-refractivity contribution is 0.0626. The van der Waals surface area contributed by atoms with E-state index in [1.807, 2.05) is 0 Å². The molecule has 30 heavy (non-hydrogen) atoms. The van der Waals surface area contributed by atoms with Crippen molar-refractivity contribution < 1.29 is 23.1 Å². The van der Waals surface area contributed by atoms with Crippen LogP contribution < -0.4 is 10.1 Å². The number of aryl methyl sites for hydroxylation is 1. The number of benzene rings is 1. The van der Waals surface area contributed by atoms with Gasteiger partial charge >= 0.3 is 0 Å². The van der Waals surface area contributed by atoms with Gasteiger partial charge in [-0.25, -0.2) is 8.78 Å². The molecule has 1 aliphatic heterocycles. The van der Waals surface area contributed by atoms with Gasteiger partial charge < -0.3 is 15.0 Å². The average molecular weight is 421 g/mol. The van der Waals surface area contributed by atoms with Gasteiger partial charge in [0.15, 0.2) is 0 Å². The summed E-state index contributed by atoms with van der Waals surface area (Å²) < 4.78 is 32.5. The summed E-state index contributed by atoms with van der Waals surface area (Å²) >= 11 is 0. The summed E-state index contributed by atoms with van der Waals surface area (Å²) in [7, 11) is 2.97. The summed E-state index contributed by atoms with van der Waals surface area (Å²) in [4.78, 5) is 28.5. The van der Waals surface area contributed by atoms with Gasteiger partial charge in [-0.1, -0.05) is 0 Å². The zero-order valence-electron chi connectivity index (χ0n) is 17.0. The molecule has 0 radical (unpaired) electrons. The molecule has 0 saturated carbocycles. The van der Waals surface area contributed by atoms with Crippen LogP contribution in [0.15, 0.2) is 30.5 Å². The van der Waals surface area contributed by atoms with E-state index >= 15 is 0 Å². The number of carbonyl (C=O) groups excluding carboxylic acids is 2. The van der Waals surface area contributed by atoms with E-state index in [0.29, 0.717) is 50.6 Å². The number of rotatable bonds is 7. The molecule has 1 fully saturated rings. The molecule has 0 aliphatic carbocycles. The number of hydrogen-bond donors (Lipinski definition) is 1. The lowest BCUT2D eigenvalue weighted by Gasteiger charge is -2.34. The van der Waals surface area contributed by atoms with Crippen LogP contribution in [0.2, 0.25) is 0 Å². The molecule has 1 aromatic heterocycles. The van der Waals surface area contributed by atoms with Crippen molar-refractivity contribution in [2.24, 2.45) is 7.05 Å². The molecule has 2 amide bonds. The molecule has 1 saturated heterocycles. The van der Waals surface area contributed by atoms with Gasteiger partial charge in [-0.05, 0) is 24.3 Å². The lowest BCUT2D eigenvalue weighted by atomic mass is 10.2. The van der Waals surface area contributed by atoms with Crippen LogP contribution >= 0.6 is 0 Å². The number of alkyl halides is 2. The third-order valence-corrected chi connectivity index (χ3v) is 5.15. The fraction of sp³-hybridized carbons (Fsp3) is 0.450. The van der Waals surface area contributed by atoms with Gasteiger partial charge in [-0.3, -0.25) is 19.2 Å². The van der Waals surface area contributed by atoms with Crippen LogP contribution in [0.4, 0.5) is 8.78 Å². The van der Waals surface area contributed by atoms with Crippen molar-refractivity contribution in [2.75, 3.05) is 46.4 Å². The predicted octanol–water partition coefficient (Wildman–Crippen LogP) is 1.55. The highest BCUT2D eigenvalue weighted by Gasteiger charge is 2.28. The molecule has 3 rings (SSSR count). The van der Waals surface area contributed by atoms with E-state index in [4.69, 9.17) is 4.74 Å². The minimum Gasteiger partial charge on any atom is -0.497 e. The molecular weight excluding hydrogens is 396 g/mol. The van der Waals surface area contributed by atoms with Crippen LogP contribution in [-0.2, 0) is 7.05 Å². The molecule has 1 aliphatic rings. The normalized spacial score (nSPS) is 14.8. The Morgan fingerprint density at radius 2 is 1.83 bits per heavy atom. The zero-order chi connectivity index (χ0) is 21.7. The third kappa shape index (κ3) is 4.93. The molecule has 8 nitrogen and oxygen atoms in total. The number of aromatic nitrogens is 2. The van der Waals surface area contributed by atoms with Gasteiger partial charge in [0.1, 0.15) is 11.4 Å². The summed E-state index contributed by atoms with van der Waals surface area (Å²) in [5.74, 6) is 0.0966. The Morgan fingerprint density at radius 3 is 2.43 bits per heavy atom. The van der Waals surface area contributed by atoms with Crippen LogP contribution in [-0.4, -0.2) is 77.8 Å². The molecule has 1 aromatic carbocycles. The maximum absolute atomic E-state index is 13.2. The van der Waals surface area contributed by atoms with Crippen molar-refractivity contribution in [3.63, 3.8) is 0 Å². The van der Waals surface area contributed by atoms with Gasteiger partial charge in [0.05, 0.1) is 18.9 Å². The van der Waals surface area contributed by atoms with Gasteiger partial charge in [0.2, 0.25) is 0 Å². The van der Waals surface area contributed by atoms with Crippen molar-refractivity contribution in [2.45, 2.75) is 6.43 Å². The second kappa shape index (κ2) is 9.66. The lowest BCUT2D eigenvalue weighted by Crippen LogP contribution is -2.50. The van der Waals surface area contributed by atoms with Gasteiger partial charge in [0, 0.05) is 51.9 Å². The quantitative estimate of drug-likeness (QED) is 0.734. The van der Waals surface area contributed by atoms with Crippen LogP contribution in [0.3, 0.4) is 0 Å². The Kier molecular flexibility index (Phi) is 6.99.